The fourth-order valence-electron chi connectivity index (χ4n) is 3.61. The summed E-state index contributed by atoms with van der Waals surface area (Å²) < 4.78 is 30.3. The van der Waals surface area contributed by atoms with E-state index in [0.29, 0.717) is 30.3 Å². The summed E-state index contributed by atoms with van der Waals surface area (Å²) in [7, 11) is 0. The molecule has 0 radical (unpaired) electrons. The fourth-order valence-corrected chi connectivity index (χ4v) is 3.61. The van der Waals surface area contributed by atoms with Gasteiger partial charge in [0.25, 0.3) is 5.91 Å². The van der Waals surface area contributed by atoms with Gasteiger partial charge in [-0.05, 0) is 43.5 Å². The van der Waals surface area contributed by atoms with Crippen molar-refractivity contribution in [1.29, 1.82) is 0 Å². The van der Waals surface area contributed by atoms with Crippen LogP contribution in [0, 0.1) is 11.7 Å². The predicted molar refractivity (Wildman–Crippen MR) is 114 cm³/mol. The minimum Gasteiger partial charge on any atom is -0.456 e. The van der Waals surface area contributed by atoms with Gasteiger partial charge in [-0.2, -0.15) is 0 Å². The van der Waals surface area contributed by atoms with Gasteiger partial charge in [-0.3, -0.25) is 9.59 Å². The highest BCUT2D eigenvalue weighted by Crippen LogP contribution is 2.29. The average Bonchev–Trinajstić information content (AvgIpc) is 3.40. The Morgan fingerprint density at radius 2 is 1.90 bits per heavy atom. The molecule has 168 valence electrons. The van der Waals surface area contributed by atoms with E-state index in [1.807, 2.05) is 0 Å². The third-order valence-electron chi connectivity index (χ3n) is 5.42. The van der Waals surface area contributed by atoms with Crippen LogP contribution in [0.5, 0.6) is 11.5 Å². The van der Waals surface area contributed by atoms with Crippen molar-refractivity contribution in [2.45, 2.75) is 37.5 Å². The Labute approximate surface area is 182 Å². The van der Waals surface area contributed by atoms with E-state index >= 15 is 0 Å². The first-order valence-corrected chi connectivity index (χ1v) is 10.4. The number of carbonyl (C=O) groups excluding carboxylic acids is 2. The third-order valence-corrected chi connectivity index (χ3v) is 5.42. The second kappa shape index (κ2) is 9.45. The molecule has 2 amide bonds. The summed E-state index contributed by atoms with van der Waals surface area (Å²) >= 11 is 0. The number of hydrogen-bond acceptors (Lipinski definition) is 5. The Morgan fingerprint density at radius 1 is 1.10 bits per heavy atom. The van der Waals surface area contributed by atoms with Crippen molar-refractivity contribution in [2.75, 3.05) is 13.2 Å². The Morgan fingerprint density at radius 3 is 2.61 bits per heavy atom. The summed E-state index contributed by atoms with van der Waals surface area (Å²) in [6.07, 6.45) is 2.87. The molecule has 8 heteroatoms. The maximum atomic E-state index is 13.3. The van der Waals surface area contributed by atoms with Gasteiger partial charge in [-0.1, -0.05) is 18.2 Å². The van der Waals surface area contributed by atoms with E-state index in [2.05, 4.69) is 5.32 Å². The molecule has 3 atom stereocenters. The number of benzene rings is 2. The van der Waals surface area contributed by atoms with Crippen molar-refractivity contribution in [2.24, 2.45) is 11.7 Å². The molecule has 3 N–H and O–H groups in total. The topological polar surface area (TPSA) is 99.9 Å². The minimum absolute atomic E-state index is 0. The van der Waals surface area contributed by atoms with Gasteiger partial charge in [0.2, 0.25) is 5.91 Å². The number of halogens is 1. The van der Waals surface area contributed by atoms with Crippen molar-refractivity contribution in [3.63, 3.8) is 0 Å². The maximum absolute atomic E-state index is 13.3. The first kappa shape index (κ1) is 21.3. The normalized spacial score (nSPS) is 24.0. The van der Waals surface area contributed by atoms with E-state index < -0.39 is 5.82 Å². The number of para-hydroxylation sites is 1. The molecule has 0 unspecified atom stereocenters. The maximum Gasteiger partial charge on any atom is 0.255 e. The first-order valence-electron chi connectivity index (χ1n) is 10.4. The summed E-state index contributed by atoms with van der Waals surface area (Å²) in [6, 6.07) is 12.5. The summed E-state index contributed by atoms with van der Waals surface area (Å²) in [4.78, 5) is 22.7. The molecule has 2 aromatic carbocycles. The highest BCUT2D eigenvalue weighted by Gasteiger charge is 2.42. The van der Waals surface area contributed by atoms with E-state index in [4.69, 9.17) is 19.9 Å². The molecule has 5 rings (SSSR count). The van der Waals surface area contributed by atoms with E-state index in [1.54, 1.807) is 36.4 Å². The lowest BCUT2D eigenvalue weighted by molar-refractivity contribution is -0.119. The van der Waals surface area contributed by atoms with Crippen LogP contribution in [0.25, 0.3) is 0 Å². The van der Waals surface area contributed by atoms with Crippen LogP contribution in [0.1, 0.15) is 32.5 Å². The monoisotopic (exact) mass is 432 g/mol. The van der Waals surface area contributed by atoms with Crippen LogP contribution in [0.4, 0.5) is 4.39 Å². The van der Waals surface area contributed by atoms with Crippen molar-refractivity contribution in [3.05, 3.63) is 59.9 Å². The van der Waals surface area contributed by atoms with Crippen LogP contribution in [0.15, 0.2) is 48.5 Å². The smallest absolute Gasteiger partial charge is 0.255 e. The van der Waals surface area contributed by atoms with Crippen LogP contribution in [-0.2, 0) is 14.3 Å². The molecule has 3 fully saturated rings. The van der Waals surface area contributed by atoms with Gasteiger partial charge >= 0.3 is 0 Å². The summed E-state index contributed by atoms with van der Waals surface area (Å²) in [5.74, 6) is 0.153. The van der Waals surface area contributed by atoms with Crippen molar-refractivity contribution in [3.8, 4) is 11.5 Å². The lowest BCUT2D eigenvalue weighted by atomic mass is 10.1. The zero-order valence-electron chi connectivity index (χ0n) is 17.0. The number of amides is 2. The molecule has 1 aliphatic carbocycles. The molecule has 7 nitrogen and oxygen atoms in total. The van der Waals surface area contributed by atoms with Crippen molar-refractivity contribution in [1.82, 2.24) is 5.32 Å². The zero-order chi connectivity index (χ0) is 21.8. The summed E-state index contributed by atoms with van der Waals surface area (Å²) in [5.41, 5.74) is 5.24. The standard InChI is InChI=1S/C19H18FNO4.C4H7NO.2H2/c20-12-4-3-5-13(10-12)25-16-7-2-1-6-14(16)19(22)21-15-11-24-17-8-9-23-18(15)17;5-4(6)3-1-2-3;;/h1-7,10,15,17-18H,8-9,11H2,(H,21,22);3H,1-2H2,(H2,5,6);2*1H/t15-,17+,18+;;;/m0.../s1. The predicted octanol–water partition coefficient (Wildman–Crippen LogP) is 3.28. The minimum atomic E-state index is -0.396. The highest BCUT2D eigenvalue weighted by molar-refractivity contribution is 5.97. The number of carbonyl (C=O) groups is 2. The number of ether oxygens (including phenoxy) is 3. The van der Waals surface area contributed by atoms with Crippen LogP contribution in [0.3, 0.4) is 0 Å². The van der Waals surface area contributed by atoms with Crippen LogP contribution >= 0.6 is 0 Å². The number of nitrogens with two attached hydrogens (primary N) is 1. The molecular formula is C23H29FN2O5. The number of fused-ring (bicyclic) bond motifs is 1. The molecule has 3 aliphatic rings. The fraction of sp³-hybridized carbons (Fsp3) is 0.391. The summed E-state index contributed by atoms with van der Waals surface area (Å²) in [6.45, 7) is 1.09. The average molecular weight is 432 g/mol. The molecule has 2 aromatic rings. The Balaban J connectivity index is 0.000000422. The highest BCUT2D eigenvalue weighted by atomic mass is 19.1. The van der Waals surface area contributed by atoms with Gasteiger partial charge in [-0.15, -0.1) is 0 Å². The molecule has 0 bridgehead atoms. The number of primary amides is 1. The third kappa shape index (κ3) is 5.39. The van der Waals surface area contributed by atoms with Gasteiger partial charge in [0.15, 0.2) is 0 Å². The molecule has 2 saturated heterocycles. The van der Waals surface area contributed by atoms with Gasteiger partial charge < -0.3 is 25.3 Å². The van der Waals surface area contributed by atoms with Gasteiger partial charge in [0, 0.05) is 21.4 Å². The van der Waals surface area contributed by atoms with Crippen LogP contribution in [-0.4, -0.2) is 43.3 Å². The molecule has 1 saturated carbocycles. The first-order chi connectivity index (χ1) is 15.0. The van der Waals surface area contributed by atoms with Crippen LogP contribution < -0.4 is 15.8 Å². The Kier molecular flexibility index (Phi) is 6.48. The van der Waals surface area contributed by atoms with Gasteiger partial charge in [0.1, 0.15) is 23.4 Å². The second-order valence-corrected chi connectivity index (χ2v) is 7.81. The molecule has 0 spiro atoms. The van der Waals surface area contributed by atoms with E-state index in [9.17, 15) is 14.0 Å². The zero-order valence-corrected chi connectivity index (χ0v) is 17.0. The van der Waals surface area contributed by atoms with Crippen LogP contribution in [0.2, 0.25) is 0 Å². The van der Waals surface area contributed by atoms with Crippen molar-refractivity contribution >= 4 is 11.8 Å². The lowest BCUT2D eigenvalue weighted by Gasteiger charge is -2.18. The number of rotatable bonds is 5. The van der Waals surface area contributed by atoms with Crippen molar-refractivity contribution < 1.29 is 31.0 Å². The lowest BCUT2D eigenvalue weighted by Crippen LogP contribution is -2.43. The second-order valence-electron chi connectivity index (χ2n) is 7.81. The van der Waals surface area contributed by atoms with E-state index in [-0.39, 0.29) is 38.8 Å². The summed E-state index contributed by atoms with van der Waals surface area (Å²) in [5, 5.41) is 2.96. The molecule has 2 heterocycles. The largest absolute Gasteiger partial charge is 0.456 e. The molecular weight excluding hydrogens is 403 g/mol. The number of nitrogens with one attached hydrogen (secondary N) is 1. The molecule has 2 aliphatic heterocycles. The molecule has 31 heavy (non-hydrogen) atoms. The van der Waals surface area contributed by atoms with E-state index in [1.165, 1.54) is 12.1 Å². The number of hydrogen-bond donors (Lipinski definition) is 2. The molecule has 0 aromatic heterocycles. The Hall–Kier alpha value is -2.97. The van der Waals surface area contributed by atoms with Gasteiger partial charge in [-0.25, -0.2) is 4.39 Å². The quantitative estimate of drug-likeness (QED) is 0.755. The SMILES string of the molecule is NC(=O)C1CC1.O=C(N[C@H]1CO[C@@H]2CCO[C@H]12)c1ccccc1Oc1cccc(F)c1.[HH].[HH]. The van der Waals surface area contributed by atoms with Gasteiger partial charge in [0.05, 0.1) is 24.3 Å². The van der Waals surface area contributed by atoms with E-state index in [0.717, 1.165) is 19.3 Å². The Bertz CT molecular complexity index is 960.